The Morgan fingerprint density at radius 2 is 1.82 bits per heavy atom. The van der Waals surface area contributed by atoms with Crippen LogP contribution in [0, 0.1) is 40.4 Å². The molecule has 0 amide bonds. The first-order valence-electron chi connectivity index (χ1n) is 14.5. The van der Waals surface area contributed by atoms with Gasteiger partial charge in [-0.2, -0.15) is 0 Å². The largest absolute Gasteiger partial charge is 0.469 e. The monoisotopic (exact) mass is 524 g/mol. The van der Waals surface area contributed by atoms with Crippen LogP contribution in [0.4, 0.5) is 0 Å². The standard InChI is InChI=1S/C32H44O6/c1-19(10-13-28(35)37-4)23-11-12-24-29-25(31(2)15-14-22(33)16-21(31)17-26(29)34)18-27(32(23,24)3)38-30(36)20-8-6-5-7-9-20/h5-9,16,19,22-27,29,33-34H,10-15,17-18H2,1-4H3/t19-,22-,23-,24?,25?,26-,27+,29?,31+,32-/m1/s1. The Hall–Kier alpha value is -2.18. The highest BCUT2D eigenvalue weighted by Crippen LogP contribution is 2.68. The van der Waals surface area contributed by atoms with Gasteiger partial charge in [-0.05, 0) is 92.1 Å². The molecule has 4 aliphatic carbocycles. The van der Waals surface area contributed by atoms with Crippen molar-refractivity contribution in [2.24, 2.45) is 40.4 Å². The Bertz CT molecular complexity index is 1070. The van der Waals surface area contributed by atoms with Crippen LogP contribution in [0.25, 0.3) is 0 Å². The molecule has 4 aliphatic rings. The van der Waals surface area contributed by atoms with Gasteiger partial charge < -0.3 is 19.7 Å². The number of benzene rings is 1. The molecule has 5 rings (SSSR count). The van der Waals surface area contributed by atoms with Crippen molar-refractivity contribution in [3.8, 4) is 0 Å². The number of ether oxygens (including phenoxy) is 2. The van der Waals surface area contributed by atoms with Gasteiger partial charge in [-0.3, -0.25) is 4.79 Å². The van der Waals surface area contributed by atoms with E-state index in [0.717, 1.165) is 32.1 Å². The molecule has 0 spiro atoms. The molecule has 38 heavy (non-hydrogen) atoms. The molecule has 6 nitrogen and oxygen atoms in total. The van der Waals surface area contributed by atoms with Gasteiger partial charge in [-0.1, -0.05) is 50.6 Å². The lowest BCUT2D eigenvalue weighted by atomic mass is 9.45. The summed E-state index contributed by atoms with van der Waals surface area (Å²) < 4.78 is 11.4. The molecule has 0 aromatic heterocycles. The maximum absolute atomic E-state index is 13.4. The number of hydrogen-bond acceptors (Lipinski definition) is 6. The van der Waals surface area contributed by atoms with Crippen LogP contribution in [-0.2, 0) is 14.3 Å². The van der Waals surface area contributed by atoms with Gasteiger partial charge in [0.15, 0.2) is 0 Å². The first-order chi connectivity index (χ1) is 18.1. The van der Waals surface area contributed by atoms with E-state index >= 15 is 0 Å². The molecule has 1 aromatic rings. The summed E-state index contributed by atoms with van der Waals surface area (Å²) >= 11 is 0. The van der Waals surface area contributed by atoms with Gasteiger partial charge in [0.25, 0.3) is 0 Å². The van der Waals surface area contributed by atoms with Crippen LogP contribution in [-0.4, -0.2) is 47.6 Å². The molecule has 3 unspecified atom stereocenters. The Balaban J connectivity index is 1.51. The molecule has 0 saturated heterocycles. The molecule has 208 valence electrons. The van der Waals surface area contributed by atoms with Crippen LogP contribution in [0.2, 0.25) is 0 Å². The number of hydrogen-bond donors (Lipinski definition) is 2. The summed E-state index contributed by atoms with van der Waals surface area (Å²) in [6, 6.07) is 9.20. The van der Waals surface area contributed by atoms with Crippen molar-refractivity contribution < 1.29 is 29.3 Å². The summed E-state index contributed by atoms with van der Waals surface area (Å²) in [4.78, 5) is 25.4. The molecular weight excluding hydrogens is 480 g/mol. The number of esters is 2. The zero-order chi connectivity index (χ0) is 27.2. The third-order valence-corrected chi connectivity index (χ3v) is 11.2. The minimum Gasteiger partial charge on any atom is -0.469 e. The molecule has 6 heteroatoms. The van der Waals surface area contributed by atoms with E-state index in [9.17, 15) is 19.8 Å². The number of aliphatic hydroxyl groups is 2. The predicted molar refractivity (Wildman–Crippen MR) is 144 cm³/mol. The zero-order valence-corrected chi connectivity index (χ0v) is 23.3. The maximum Gasteiger partial charge on any atom is 0.338 e. The first kappa shape index (κ1) is 27.4. The minimum absolute atomic E-state index is 0.115. The van der Waals surface area contributed by atoms with Crippen LogP contribution in [0.5, 0.6) is 0 Å². The lowest BCUT2D eigenvalue weighted by Gasteiger charge is -2.62. The van der Waals surface area contributed by atoms with E-state index in [4.69, 9.17) is 9.47 Å². The highest BCUT2D eigenvalue weighted by Gasteiger charge is 2.66. The third-order valence-electron chi connectivity index (χ3n) is 11.2. The number of rotatable bonds is 6. The van der Waals surface area contributed by atoms with Crippen LogP contribution in [0.1, 0.15) is 82.5 Å². The van der Waals surface area contributed by atoms with Crippen molar-refractivity contribution >= 4 is 11.9 Å². The molecule has 0 heterocycles. The second-order valence-electron chi connectivity index (χ2n) is 12.9. The normalized spacial score (nSPS) is 40.7. The zero-order valence-electron chi connectivity index (χ0n) is 23.3. The second-order valence-corrected chi connectivity index (χ2v) is 12.9. The van der Waals surface area contributed by atoms with Gasteiger partial charge in [0.1, 0.15) is 6.10 Å². The summed E-state index contributed by atoms with van der Waals surface area (Å²) in [6.45, 7) is 6.80. The number of carbonyl (C=O) groups is 2. The number of fused-ring (bicyclic) bond motifs is 5. The summed E-state index contributed by atoms with van der Waals surface area (Å²) in [5, 5.41) is 22.0. The van der Waals surface area contributed by atoms with Crippen molar-refractivity contribution in [1.82, 2.24) is 0 Å². The van der Waals surface area contributed by atoms with Crippen molar-refractivity contribution in [1.29, 1.82) is 0 Å². The van der Waals surface area contributed by atoms with Crippen molar-refractivity contribution in [2.75, 3.05) is 7.11 Å². The van der Waals surface area contributed by atoms with Crippen molar-refractivity contribution in [3.05, 3.63) is 47.5 Å². The fourth-order valence-electron chi connectivity index (χ4n) is 9.18. The van der Waals surface area contributed by atoms with E-state index in [2.05, 4.69) is 20.8 Å². The van der Waals surface area contributed by atoms with Crippen LogP contribution < -0.4 is 0 Å². The molecule has 0 radical (unpaired) electrons. The van der Waals surface area contributed by atoms with E-state index in [1.807, 2.05) is 24.3 Å². The van der Waals surface area contributed by atoms with E-state index in [-0.39, 0.29) is 58.5 Å². The minimum atomic E-state index is -0.469. The first-order valence-corrected chi connectivity index (χ1v) is 14.5. The van der Waals surface area contributed by atoms with Gasteiger partial charge in [0.05, 0.1) is 24.9 Å². The summed E-state index contributed by atoms with van der Waals surface area (Å²) in [5.41, 5.74) is 1.31. The molecule has 3 fully saturated rings. The third kappa shape index (κ3) is 4.52. The van der Waals surface area contributed by atoms with E-state index in [0.29, 0.717) is 24.8 Å². The molecule has 10 atom stereocenters. The molecule has 0 bridgehead atoms. The molecular formula is C32H44O6. The molecule has 3 saturated carbocycles. The molecule has 2 N–H and O–H groups in total. The molecule has 1 aromatic carbocycles. The smallest absolute Gasteiger partial charge is 0.338 e. The highest BCUT2D eigenvalue weighted by molar-refractivity contribution is 5.89. The fraction of sp³-hybridized carbons (Fsp3) is 0.688. The van der Waals surface area contributed by atoms with Crippen LogP contribution >= 0.6 is 0 Å². The Morgan fingerprint density at radius 3 is 2.53 bits per heavy atom. The van der Waals surface area contributed by atoms with Crippen LogP contribution in [0.3, 0.4) is 0 Å². The van der Waals surface area contributed by atoms with Gasteiger partial charge in [0.2, 0.25) is 0 Å². The Morgan fingerprint density at radius 1 is 1.08 bits per heavy atom. The van der Waals surface area contributed by atoms with Gasteiger partial charge in [-0.25, -0.2) is 4.79 Å². The van der Waals surface area contributed by atoms with Crippen molar-refractivity contribution in [3.63, 3.8) is 0 Å². The SMILES string of the molecule is COC(=O)CC[C@@H](C)[C@H]1CCC2C3C(C[C@H](OC(=O)c4ccccc4)[C@@]21C)[C@@]1(C)CC[C@@H](O)C=C1C[C@H]3O. The highest BCUT2D eigenvalue weighted by atomic mass is 16.5. The second kappa shape index (κ2) is 10.4. The number of methoxy groups -OCH3 is 1. The lowest BCUT2D eigenvalue weighted by molar-refractivity contribution is -0.170. The van der Waals surface area contributed by atoms with Gasteiger partial charge >= 0.3 is 11.9 Å². The fourth-order valence-corrected chi connectivity index (χ4v) is 9.18. The van der Waals surface area contributed by atoms with E-state index in [1.54, 1.807) is 12.1 Å². The average molecular weight is 525 g/mol. The lowest BCUT2D eigenvalue weighted by Crippen LogP contribution is -2.61. The van der Waals surface area contributed by atoms with Gasteiger partial charge in [0, 0.05) is 11.8 Å². The Labute approximate surface area is 226 Å². The van der Waals surface area contributed by atoms with Crippen LogP contribution in [0.15, 0.2) is 42.0 Å². The molecule has 0 aliphatic heterocycles. The Kier molecular flexibility index (Phi) is 7.51. The van der Waals surface area contributed by atoms with E-state index in [1.165, 1.54) is 12.7 Å². The summed E-state index contributed by atoms with van der Waals surface area (Å²) in [5.74, 6) is 0.579. The van der Waals surface area contributed by atoms with E-state index < -0.39 is 12.2 Å². The number of aliphatic hydroxyl groups excluding tert-OH is 2. The van der Waals surface area contributed by atoms with Gasteiger partial charge in [-0.15, -0.1) is 0 Å². The summed E-state index contributed by atoms with van der Waals surface area (Å²) in [6.07, 6.45) is 6.80. The number of carbonyl (C=O) groups excluding carboxylic acids is 2. The quantitative estimate of drug-likeness (QED) is 0.386. The maximum atomic E-state index is 13.4. The van der Waals surface area contributed by atoms with Crippen molar-refractivity contribution in [2.45, 2.75) is 90.4 Å². The topological polar surface area (TPSA) is 93.1 Å². The average Bonchev–Trinajstić information content (AvgIpc) is 3.27. The predicted octanol–water partition coefficient (Wildman–Crippen LogP) is 5.32. The summed E-state index contributed by atoms with van der Waals surface area (Å²) in [7, 11) is 1.43.